The highest BCUT2D eigenvalue weighted by molar-refractivity contribution is 9.10. The molecule has 2 amide bonds. The Hall–Kier alpha value is -5.32. The third-order valence-electron chi connectivity index (χ3n) is 12.2. The molecule has 2 aromatic heterocycles. The molecule has 350 valence electrons. The number of benzene rings is 2. The number of nitrogens with zero attached hydrogens (tertiary/aromatic N) is 4. The molecule has 0 saturated carbocycles. The predicted octanol–water partition coefficient (Wildman–Crippen LogP) is 8.80. The Morgan fingerprint density at radius 3 is 1.64 bits per heavy atom. The van der Waals surface area contributed by atoms with Crippen LogP contribution in [0.4, 0.5) is 21.0 Å². The fourth-order valence-electron chi connectivity index (χ4n) is 8.22. The van der Waals surface area contributed by atoms with Gasteiger partial charge in [0.05, 0.1) is 24.3 Å². The lowest BCUT2D eigenvalue weighted by molar-refractivity contribution is -0.117. The summed E-state index contributed by atoms with van der Waals surface area (Å²) in [6, 6.07) is 12.1. The molecule has 0 radical (unpaired) electrons. The van der Waals surface area contributed by atoms with Gasteiger partial charge in [-0.1, -0.05) is 40.2 Å². The standard InChI is InChI=1S/C22H24N2O4.C19H29BN2O5.C9H7BrO/c1-13-18(15-6-5-14-10-17(25)11-16(14)9-15)12-23-20-19(13)24(7-8-27-20)21(26)28-22(2,3)4;1-12-13(20-26-18(5,6)19(7,8)27-20)11-21-15-14(12)22(9-10-24-15)16(23)25-17(2,3)4;10-8-2-1-6-4-9(11)5-7(6)3-8/h5-6,9,12H,7-8,10-11H2,1-4H3;11H,9-10H2,1-8H3;1-3H,4-5H2. The van der Waals surface area contributed by atoms with Gasteiger partial charge in [0.15, 0.2) is 0 Å². The lowest BCUT2D eigenvalue weighted by Crippen LogP contribution is -2.44. The Bertz CT molecular complexity index is 2570. The number of halogens is 1. The molecular formula is C50H60BBrN4O10. The van der Waals surface area contributed by atoms with Crippen molar-refractivity contribution >= 4 is 63.6 Å². The summed E-state index contributed by atoms with van der Waals surface area (Å²) in [6.45, 7) is 24.5. The molecule has 4 aromatic rings. The number of fused-ring (bicyclic) bond motifs is 4. The molecule has 14 nitrogen and oxygen atoms in total. The number of ketones is 2. The number of rotatable bonds is 2. The van der Waals surface area contributed by atoms with Gasteiger partial charge in [0.2, 0.25) is 11.8 Å². The van der Waals surface area contributed by atoms with Gasteiger partial charge in [-0.15, -0.1) is 0 Å². The first-order chi connectivity index (χ1) is 30.8. The van der Waals surface area contributed by atoms with E-state index in [0.29, 0.717) is 80.9 Å². The van der Waals surface area contributed by atoms with E-state index in [1.54, 1.807) is 22.2 Å². The Kier molecular flexibility index (Phi) is 13.6. The zero-order valence-corrected chi connectivity index (χ0v) is 41.7. The van der Waals surface area contributed by atoms with Crippen LogP contribution in [0.2, 0.25) is 0 Å². The van der Waals surface area contributed by atoms with Gasteiger partial charge >= 0.3 is 19.3 Å². The van der Waals surface area contributed by atoms with Crippen LogP contribution in [0.1, 0.15) is 103 Å². The maximum atomic E-state index is 12.7. The summed E-state index contributed by atoms with van der Waals surface area (Å²) in [7, 11) is -0.560. The second-order valence-corrected chi connectivity index (χ2v) is 21.1. The normalized spacial score (nSPS) is 17.7. The molecule has 16 heteroatoms. The van der Waals surface area contributed by atoms with E-state index in [1.807, 2.05) is 113 Å². The first kappa shape index (κ1) is 48.6. The minimum absolute atomic E-state index is 0.247. The van der Waals surface area contributed by atoms with E-state index < -0.39 is 41.7 Å². The van der Waals surface area contributed by atoms with Crippen molar-refractivity contribution in [2.75, 3.05) is 36.1 Å². The highest BCUT2D eigenvalue weighted by atomic mass is 79.9. The first-order valence-corrected chi connectivity index (χ1v) is 23.1. The SMILES string of the molecule is Cc1c(-c2ccc3c(c2)CC(=O)C3)cnc2c1N(C(=O)OC(C)(C)C)CCO2.Cc1c(B2OC(C)(C)C(C)(C)O2)cnc2c1N(C(=O)OC(C)(C)C)CCO2.O=C1Cc2ccc(Br)cc2C1. The third kappa shape index (κ3) is 10.6. The molecule has 5 heterocycles. The molecule has 0 N–H and O–H groups in total. The number of hydrogen-bond donors (Lipinski definition) is 0. The molecule has 66 heavy (non-hydrogen) atoms. The third-order valence-corrected chi connectivity index (χ3v) is 12.7. The molecule has 5 aliphatic rings. The molecular weight excluding hydrogens is 907 g/mol. The number of ether oxygens (including phenoxy) is 4. The van der Waals surface area contributed by atoms with Crippen LogP contribution < -0.4 is 24.7 Å². The second kappa shape index (κ2) is 18.4. The van der Waals surface area contributed by atoms with Crippen molar-refractivity contribution in [2.24, 2.45) is 0 Å². The van der Waals surface area contributed by atoms with Crippen molar-refractivity contribution in [2.45, 2.75) is 131 Å². The van der Waals surface area contributed by atoms with Gasteiger partial charge < -0.3 is 28.3 Å². The molecule has 1 saturated heterocycles. The molecule has 2 aromatic carbocycles. The smallest absolute Gasteiger partial charge is 0.474 e. The molecule has 1 fully saturated rings. The van der Waals surface area contributed by atoms with E-state index in [4.69, 9.17) is 28.3 Å². The van der Waals surface area contributed by atoms with Crippen LogP contribution in [0.25, 0.3) is 11.1 Å². The fraction of sp³-hybridized carbons (Fsp3) is 0.480. The van der Waals surface area contributed by atoms with Gasteiger partial charge in [-0.2, -0.15) is 0 Å². The number of pyridine rings is 2. The highest BCUT2D eigenvalue weighted by Gasteiger charge is 2.52. The van der Waals surface area contributed by atoms with Crippen LogP contribution in [0, 0.1) is 13.8 Å². The zero-order valence-electron chi connectivity index (χ0n) is 40.1. The summed E-state index contributed by atoms with van der Waals surface area (Å²) in [4.78, 5) is 60.3. The topological polar surface area (TPSA) is 156 Å². The van der Waals surface area contributed by atoms with E-state index in [-0.39, 0.29) is 5.78 Å². The van der Waals surface area contributed by atoms with Crippen LogP contribution in [0.15, 0.2) is 53.3 Å². The maximum Gasteiger partial charge on any atom is 0.496 e. The number of Topliss-reactive ketones (excluding diaryl/α,β-unsaturated/α-hetero) is 2. The number of aromatic nitrogens is 2. The summed E-state index contributed by atoms with van der Waals surface area (Å²) in [5, 5.41) is 0. The van der Waals surface area contributed by atoms with Gasteiger partial charge in [-0.3, -0.25) is 19.4 Å². The van der Waals surface area contributed by atoms with Crippen LogP contribution in [0.5, 0.6) is 11.8 Å². The molecule has 0 spiro atoms. The summed E-state index contributed by atoms with van der Waals surface area (Å²) in [6.07, 6.45) is 4.89. The summed E-state index contributed by atoms with van der Waals surface area (Å²) in [5.41, 5.74) is 8.14. The van der Waals surface area contributed by atoms with Gasteiger partial charge in [0.25, 0.3) is 0 Å². The summed E-state index contributed by atoms with van der Waals surface area (Å²) in [5.74, 6) is 1.44. The monoisotopic (exact) mass is 966 g/mol. The van der Waals surface area contributed by atoms with Crippen molar-refractivity contribution in [3.63, 3.8) is 0 Å². The average Bonchev–Trinajstić information content (AvgIpc) is 3.85. The van der Waals surface area contributed by atoms with Crippen molar-refractivity contribution in [1.29, 1.82) is 0 Å². The second-order valence-electron chi connectivity index (χ2n) is 20.2. The number of carbonyl (C=O) groups excluding carboxylic acids is 4. The van der Waals surface area contributed by atoms with Gasteiger partial charge in [0, 0.05) is 53.6 Å². The largest absolute Gasteiger partial charge is 0.496 e. The van der Waals surface area contributed by atoms with Crippen LogP contribution in [-0.4, -0.2) is 89.5 Å². The van der Waals surface area contributed by atoms with Crippen molar-refractivity contribution < 1.29 is 47.4 Å². The van der Waals surface area contributed by atoms with E-state index in [9.17, 15) is 19.2 Å². The minimum Gasteiger partial charge on any atom is -0.474 e. The quantitative estimate of drug-likeness (QED) is 0.176. The number of carbonyl (C=O) groups is 4. The predicted molar refractivity (Wildman–Crippen MR) is 256 cm³/mol. The molecule has 0 unspecified atom stereocenters. The summed E-state index contributed by atoms with van der Waals surface area (Å²) >= 11 is 3.37. The number of amides is 2. The molecule has 0 bridgehead atoms. The Morgan fingerprint density at radius 1 is 0.667 bits per heavy atom. The first-order valence-electron chi connectivity index (χ1n) is 22.3. The number of hydrogen-bond acceptors (Lipinski definition) is 12. The van der Waals surface area contributed by atoms with E-state index in [2.05, 4.69) is 32.0 Å². The van der Waals surface area contributed by atoms with Gasteiger partial charge in [0.1, 0.15) is 47.4 Å². The Balaban J connectivity index is 0.000000160. The molecule has 3 aliphatic heterocycles. The average molecular weight is 968 g/mol. The van der Waals surface area contributed by atoms with Crippen LogP contribution >= 0.6 is 15.9 Å². The van der Waals surface area contributed by atoms with Crippen molar-refractivity contribution in [3.05, 3.63) is 86.6 Å². The van der Waals surface area contributed by atoms with Crippen LogP contribution in [-0.2, 0) is 54.1 Å². The van der Waals surface area contributed by atoms with Gasteiger partial charge in [-0.25, -0.2) is 19.6 Å². The lowest BCUT2D eigenvalue weighted by Gasteiger charge is -2.32. The Labute approximate surface area is 396 Å². The van der Waals surface area contributed by atoms with Gasteiger partial charge in [-0.05, 0) is 134 Å². The molecule has 9 rings (SSSR count). The van der Waals surface area contributed by atoms with Crippen molar-refractivity contribution in [1.82, 2.24) is 9.97 Å². The van der Waals surface area contributed by atoms with E-state index >= 15 is 0 Å². The molecule has 0 atom stereocenters. The maximum absolute atomic E-state index is 12.7. The van der Waals surface area contributed by atoms with E-state index in [0.717, 1.165) is 43.3 Å². The lowest BCUT2D eigenvalue weighted by atomic mass is 9.77. The Morgan fingerprint density at radius 2 is 1.12 bits per heavy atom. The highest BCUT2D eigenvalue weighted by Crippen LogP contribution is 2.41. The summed E-state index contributed by atoms with van der Waals surface area (Å²) < 4.78 is 35.9. The molecule has 2 aliphatic carbocycles. The van der Waals surface area contributed by atoms with Crippen LogP contribution in [0.3, 0.4) is 0 Å². The zero-order chi connectivity index (χ0) is 48.1. The van der Waals surface area contributed by atoms with E-state index in [1.165, 1.54) is 11.1 Å². The van der Waals surface area contributed by atoms with Crippen molar-refractivity contribution in [3.8, 4) is 22.9 Å². The fourth-order valence-corrected chi connectivity index (χ4v) is 8.63. The number of anilines is 2. The minimum atomic E-state index is -0.583.